The minimum absolute atomic E-state index is 0.171. The normalized spacial score (nSPS) is 16.4. The molecule has 0 aliphatic carbocycles. The quantitative estimate of drug-likeness (QED) is 0.808. The van der Waals surface area contributed by atoms with E-state index in [0.717, 1.165) is 16.7 Å². The number of benzene rings is 2. The zero-order valence-electron chi connectivity index (χ0n) is 13.1. The smallest absolute Gasteiger partial charge is 0.414 e. The third-order valence-corrected chi connectivity index (χ3v) is 3.78. The number of carbonyl (C=O) groups excluding carboxylic acids is 1. The van der Waals surface area contributed by atoms with Gasteiger partial charge >= 0.3 is 6.09 Å². The van der Waals surface area contributed by atoms with Gasteiger partial charge in [-0.1, -0.05) is 66.7 Å². The highest BCUT2D eigenvalue weighted by molar-refractivity contribution is 5.74. The number of amides is 1. The first-order chi connectivity index (χ1) is 11.3. The molecule has 0 spiro atoms. The van der Waals surface area contributed by atoms with Crippen molar-refractivity contribution in [3.63, 3.8) is 0 Å². The Morgan fingerprint density at radius 3 is 2.65 bits per heavy atom. The molecule has 1 heterocycles. The average Bonchev–Trinajstić information content (AvgIpc) is 2.60. The summed E-state index contributed by atoms with van der Waals surface area (Å²) in [5.41, 5.74) is 3.31. The summed E-state index contributed by atoms with van der Waals surface area (Å²) in [5, 5.41) is 0. The van der Waals surface area contributed by atoms with Gasteiger partial charge in [-0.25, -0.2) is 4.79 Å². The number of hydrogen-bond acceptors (Lipinski definition) is 2. The molecule has 0 radical (unpaired) electrons. The summed E-state index contributed by atoms with van der Waals surface area (Å²) in [4.78, 5) is 13.9. The van der Waals surface area contributed by atoms with Gasteiger partial charge in [0.2, 0.25) is 0 Å². The molecule has 0 saturated carbocycles. The lowest BCUT2D eigenvalue weighted by Gasteiger charge is -2.30. The summed E-state index contributed by atoms with van der Waals surface area (Å²) in [6, 6.07) is 18.0. The van der Waals surface area contributed by atoms with Crippen LogP contribution in [0.15, 0.2) is 66.9 Å². The van der Waals surface area contributed by atoms with Crippen LogP contribution in [-0.2, 0) is 4.74 Å². The van der Waals surface area contributed by atoms with E-state index in [4.69, 9.17) is 4.74 Å². The molecular weight excluding hydrogens is 286 g/mol. The van der Waals surface area contributed by atoms with Crippen molar-refractivity contribution in [2.24, 2.45) is 0 Å². The number of carbonyl (C=O) groups is 1. The van der Waals surface area contributed by atoms with Gasteiger partial charge in [-0.3, -0.25) is 4.90 Å². The van der Waals surface area contributed by atoms with Gasteiger partial charge in [-0.2, -0.15) is 0 Å². The molecule has 1 aliphatic rings. The molecule has 3 rings (SSSR count). The van der Waals surface area contributed by atoms with E-state index in [2.05, 4.69) is 6.07 Å². The summed E-state index contributed by atoms with van der Waals surface area (Å²) in [6.45, 7) is 2.17. The van der Waals surface area contributed by atoms with E-state index in [1.165, 1.54) is 0 Å². The Hall–Kier alpha value is -2.81. The maximum atomic E-state index is 12.2. The summed E-state index contributed by atoms with van der Waals surface area (Å²) < 4.78 is 5.18. The highest BCUT2D eigenvalue weighted by Crippen LogP contribution is 2.32. The van der Waals surface area contributed by atoms with E-state index in [9.17, 15) is 4.79 Å². The van der Waals surface area contributed by atoms with Gasteiger partial charge in [0, 0.05) is 6.20 Å². The molecule has 116 valence electrons. The molecular formula is C20H19NO2. The van der Waals surface area contributed by atoms with Gasteiger partial charge in [0.25, 0.3) is 0 Å². The Morgan fingerprint density at radius 1 is 1.13 bits per heavy atom. The van der Waals surface area contributed by atoms with Gasteiger partial charge in [0.15, 0.2) is 0 Å². The second-order valence-corrected chi connectivity index (χ2v) is 5.27. The van der Waals surface area contributed by atoms with Crippen molar-refractivity contribution in [3.05, 3.63) is 83.6 Å². The van der Waals surface area contributed by atoms with Crippen LogP contribution in [0, 0.1) is 0 Å². The van der Waals surface area contributed by atoms with E-state index in [-0.39, 0.29) is 12.1 Å². The molecule has 1 unspecified atom stereocenters. The lowest BCUT2D eigenvalue weighted by molar-refractivity contribution is 0.115. The molecule has 0 aromatic heterocycles. The highest BCUT2D eigenvalue weighted by atomic mass is 16.6. The first kappa shape index (κ1) is 15.1. The van der Waals surface area contributed by atoms with Crippen LogP contribution in [0.5, 0.6) is 0 Å². The average molecular weight is 305 g/mol. The molecule has 0 fully saturated rings. The fourth-order valence-electron chi connectivity index (χ4n) is 2.67. The highest BCUT2D eigenvalue weighted by Gasteiger charge is 2.26. The maximum Gasteiger partial charge on any atom is 0.414 e. The number of hydrogen-bond donors (Lipinski definition) is 0. The third kappa shape index (κ3) is 3.34. The van der Waals surface area contributed by atoms with Crippen LogP contribution in [0.1, 0.15) is 29.7 Å². The molecule has 1 amide bonds. The Bertz CT molecular complexity index is 734. The molecule has 2 aromatic carbocycles. The first-order valence-corrected chi connectivity index (χ1v) is 7.75. The predicted molar refractivity (Wildman–Crippen MR) is 92.6 cm³/mol. The van der Waals surface area contributed by atoms with Crippen molar-refractivity contribution in [2.45, 2.75) is 13.0 Å². The second-order valence-electron chi connectivity index (χ2n) is 5.27. The largest absolute Gasteiger partial charge is 0.449 e. The number of rotatable bonds is 3. The number of ether oxygens (including phenoxy) is 1. The molecule has 0 saturated heterocycles. The van der Waals surface area contributed by atoms with Crippen molar-refractivity contribution in [2.75, 3.05) is 6.61 Å². The van der Waals surface area contributed by atoms with Crippen LogP contribution in [0.2, 0.25) is 0 Å². The van der Waals surface area contributed by atoms with Crippen LogP contribution >= 0.6 is 0 Å². The molecule has 1 atom stereocenters. The fourth-order valence-corrected chi connectivity index (χ4v) is 2.67. The minimum Gasteiger partial charge on any atom is -0.449 e. The van der Waals surface area contributed by atoms with E-state index in [1.807, 2.05) is 73.7 Å². The van der Waals surface area contributed by atoms with Gasteiger partial charge in [-0.15, -0.1) is 0 Å². The van der Waals surface area contributed by atoms with Crippen LogP contribution in [0.4, 0.5) is 4.79 Å². The standard InChI is InChI=1S/C20H19NO2/c1-2-23-20(22)21-15-14-17-10-6-7-11-18(17)19(21)13-12-16-8-4-3-5-9-16/h3-15,19H,2H2,1H3/b13-12+. The minimum atomic E-state index is -0.332. The van der Waals surface area contributed by atoms with Crippen LogP contribution in [-0.4, -0.2) is 17.6 Å². The molecule has 3 heteroatoms. The maximum absolute atomic E-state index is 12.2. The molecule has 3 nitrogen and oxygen atoms in total. The molecule has 0 bridgehead atoms. The zero-order valence-corrected chi connectivity index (χ0v) is 13.1. The SMILES string of the molecule is CCOC(=O)N1C=Cc2ccccc2C1/C=C/c1ccccc1. The van der Waals surface area contributed by atoms with E-state index >= 15 is 0 Å². The summed E-state index contributed by atoms with van der Waals surface area (Å²) >= 11 is 0. The van der Waals surface area contributed by atoms with E-state index < -0.39 is 0 Å². The molecule has 2 aromatic rings. The first-order valence-electron chi connectivity index (χ1n) is 7.75. The predicted octanol–water partition coefficient (Wildman–Crippen LogP) is 4.88. The summed E-state index contributed by atoms with van der Waals surface area (Å²) in [6.07, 6.45) is 7.47. The van der Waals surface area contributed by atoms with Crippen molar-refractivity contribution in [1.29, 1.82) is 0 Å². The van der Waals surface area contributed by atoms with Gasteiger partial charge in [0.05, 0.1) is 12.6 Å². The van der Waals surface area contributed by atoms with Crippen LogP contribution < -0.4 is 0 Å². The van der Waals surface area contributed by atoms with E-state index in [1.54, 1.807) is 11.1 Å². The second kappa shape index (κ2) is 6.97. The monoisotopic (exact) mass is 305 g/mol. The third-order valence-electron chi connectivity index (χ3n) is 3.78. The van der Waals surface area contributed by atoms with Crippen molar-refractivity contribution in [3.8, 4) is 0 Å². The molecule has 23 heavy (non-hydrogen) atoms. The Labute approximate surface area is 136 Å². The van der Waals surface area contributed by atoms with Crippen molar-refractivity contribution in [1.82, 2.24) is 4.90 Å². The van der Waals surface area contributed by atoms with Crippen molar-refractivity contribution < 1.29 is 9.53 Å². The Morgan fingerprint density at radius 2 is 1.87 bits per heavy atom. The molecule has 1 aliphatic heterocycles. The summed E-state index contributed by atoms with van der Waals surface area (Å²) in [7, 11) is 0. The Balaban J connectivity index is 1.95. The van der Waals surface area contributed by atoms with Crippen LogP contribution in [0.3, 0.4) is 0 Å². The number of nitrogens with zero attached hydrogens (tertiary/aromatic N) is 1. The van der Waals surface area contributed by atoms with Crippen LogP contribution in [0.25, 0.3) is 12.2 Å². The lowest BCUT2D eigenvalue weighted by Crippen LogP contribution is -2.32. The van der Waals surface area contributed by atoms with E-state index in [0.29, 0.717) is 6.61 Å². The topological polar surface area (TPSA) is 29.5 Å². The van der Waals surface area contributed by atoms with Gasteiger partial charge in [0.1, 0.15) is 0 Å². The lowest BCUT2D eigenvalue weighted by atomic mass is 9.95. The summed E-state index contributed by atoms with van der Waals surface area (Å²) in [5.74, 6) is 0. The van der Waals surface area contributed by atoms with Gasteiger partial charge < -0.3 is 4.74 Å². The molecule has 0 N–H and O–H groups in total. The number of fused-ring (bicyclic) bond motifs is 1. The fraction of sp³-hybridized carbons (Fsp3) is 0.150. The van der Waals surface area contributed by atoms with Gasteiger partial charge in [-0.05, 0) is 29.7 Å². The van der Waals surface area contributed by atoms with Crippen molar-refractivity contribution >= 4 is 18.2 Å². The zero-order chi connectivity index (χ0) is 16.1. The Kier molecular flexibility index (Phi) is 4.57.